The minimum absolute atomic E-state index is 0.387. The third kappa shape index (κ3) is 3.21. The van der Waals surface area contributed by atoms with Gasteiger partial charge in [0.1, 0.15) is 0 Å². The molecule has 2 fully saturated rings. The number of nitrogens with zero attached hydrogens (tertiary/aromatic N) is 2. The Morgan fingerprint density at radius 3 is 2.45 bits per heavy atom. The summed E-state index contributed by atoms with van der Waals surface area (Å²) in [6, 6.07) is 11.2. The van der Waals surface area contributed by atoms with Gasteiger partial charge >= 0.3 is 0 Å². The minimum atomic E-state index is 0.387. The fourth-order valence-corrected chi connectivity index (χ4v) is 3.44. The van der Waals surface area contributed by atoms with Crippen LogP contribution in [0.25, 0.3) is 0 Å². The van der Waals surface area contributed by atoms with Crippen molar-refractivity contribution in [2.24, 2.45) is 0 Å². The standard InChI is InChI=1S/C17H24N2O/c20-17-8-4-5-11-19(17)16-9-12-18(13-10-16)14-15-6-2-1-3-7-15/h1-3,6-7,16H,4-5,8-14H2. The fraction of sp³-hybridized carbons (Fsp3) is 0.588. The quantitative estimate of drug-likeness (QED) is 0.844. The molecule has 0 radical (unpaired) electrons. The summed E-state index contributed by atoms with van der Waals surface area (Å²) in [5.74, 6) is 0.387. The molecule has 0 spiro atoms. The lowest BCUT2D eigenvalue weighted by atomic mass is 9.99. The summed E-state index contributed by atoms with van der Waals surface area (Å²) < 4.78 is 0. The zero-order chi connectivity index (χ0) is 13.8. The lowest BCUT2D eigenvalue weighted by Gasteiger charge is -2.40. The third-order valence-corrected chi connectivity index (χ3v) is 4.61. The summed E-state index contributed by atoms with van der Waals surface area (Å²) in [7, 11) is 0. The smallest absolute Gasteiger partial charge is 0.222 e. The molecule has 3 nitrogen and oxygen atoms in total. The molecule has 0 aliphatic carbocycles. The highest BCUT2D eigenvalue weighted by molar-refractivity contribution is 5.77. The monoisotopic (exact) mass is 272 g/mol. The van der Waals surface area contributed by atoms with Crippen LogP contribution in [0.2, 0.25) is 0 Å². The molecule has 0 unspecified atom stereocenters. The maximum absolute atomic E-state index is 12.0. The van der Waals surface area contributed by atoms with Gasteiger partial charge in [0.05, 0.1) is 0 Å². The average Bonchev–Trinajstić information content (AvgIpc) is 2.50. The molecule has 3 rings (SSSR count). The maximum atomic E-state index is 12.0. The van der Waals surface area contributed by atoms with Crippen molar-refractivity contribution >= 4 is 5.91 Å². The first-order valence-corrected chi connectivity index (χ1v) is 7.89. The summed E-state index contributed by atoms with van der Waals surface area (Å²) in [5.41, 5.74) is 1.39. The Morgan fingerprint density at radius 1 is 1.00 bits per heavy atom. The van der Waals surface area contributed by atoms with Gasteiger partial charge in [-0.1, -0.05) is 30.3 Å². The molecule has 108 valence electrons. The first kappa shape index (κ1) is 13.6. The van der Waals surface area contributed by atoms with Gasteiger partial charge in [-0.2, -0.15) is 0 Å². The number of hydrogen-bond acceptors (Lipinski definition) is 2. The van der Waals surface area contributed by atoms with Crippen molar-refractivity contribution in [3.8, 4) is 0 Å². The third-order valence-electron chi connectivity index (χ3n) is 4.61. The summed E-state index contributed by atoms with van der Waals surface area (Å²) in [6.07, 6.45) is 5.32. The van der Waals surface area contributed by atoms with E-state index in [4.69, 9.17) is 0 Å². The molecule has 3 heteroatoms. The zero-order valence-corrected chi connectivity index (χ0v) is 12.1. The van der Waals surface area contributed by atoms with Crippen molar-refractivity contribution in [2.75, 3.05) is 19.6 Å². The van der Waals surface area contributed by atoms with E-state index in [1.54, 1.807) is 0 Å². The first-order chi connectivity index (χ1) is 9.83. The van der Waals surface area contributed by atoms with E-state index in [9.17, 15) is 4.79 Å². The molecule has 1 amide bonds. The topological polar surface area (TPSA) is 23.6 Å². The molecular formula is C17H24N2O. The molecule has 0 atom stereocenters. The van der Waals surface area contributed by atoms with E-state index in [1.807, 2.05) is 0 Å². The van der Waals surface area contributed by atoms with E-state index in [0.717, 1.165) is 51.9 Å². The van der Waals surface area contributed by atoms with Crippen LogP contribution in [0.15, 0.2) is 30.3 Å². The van der Waals surface area contributed by atoms with Gasteiger partial charge in [-0.15, -0.1) is 0 Å². The molecule has 2 aliphatic heterocycles. The average molecular weight is 272 g/mol. The van der Waals surface area contributed by atoms with E-state index in [-0.39, 0.29) is 0 Å². The minimum Gasteiger partial charge on any atom is -0.340 e. The highest BCUT2D eigenvalue weighted by Gasteiger charge is 2.29. The Kier molecular flexibility index (Phi) is 4.36. The molecule has 2 saturated heterocycles. The van der Waals surface area contributed by atoms with Gasteiger partial charge in [-0.05, 0) is 31.2 Å². The number of carbonyl (C=O) groups is 1. The number of benzene rings is 1. The SMILES string of the molecule is O=C1CCCCN1C1CCN(Cc2ccccc2)CC1. The van der Waals surface area contributed by atoms with Crippen LogP contribution in [0.1, 0.15) is 37.7 Å². The van der Waals surface area contributed by atoms with Gasteiger partial charge < -0.3 is 4.90 Å². The number of hydrogen-bond donors (Lipinski definition) is 0. The Morgan fingerprint density at radius 2 is 1.75 bits per heavy atom. The van der Waals surface area contributed by atoms with Gasteiger partial charge in [0.2, 0.25) is 5.91 Å². The predicted molar refractivity (Wildman–Crippen MR) is 80.3 cm³/mol. The van der Waals surface area contributed by atoms with Crippen molar-refractivity contribution in [1.82, 2.24) is 9.80 Å². The van der Waals surface area contributed by atoms with Gasteiger partial charge in [-0.3, -0.25) is 9.69 Å². The number of carbonyl (C=O) groups excluding carboxylic acids is 1. The van der Waals surface area contributed by atoms with Crippen LogP contribution in [-0.4, -0.2) is 41.4 Å². The number of amides is 1. The molecular weight excluding hydrogens is 248 g/mol. The van der Waals surface area contributed by atoms with Crippen LogP contribution in [0.5, 0.6) is 0 Å². The molecule has 20 heavy (non-hydrogen) atoms. The van der Waals surface area contributed by atoms with Crippen molar-refractivity contribution in [3.63, 3.8) is 0 Å². The van der Waals surface area contributed by atoms with Crippen LogP contribution in [-0.2, 0) is 11.3 Å². The van der Waals surface area contributed by atoms with Crippen LogP contribution in [0.3, 0.4) is 0 Å². The van der Waals surface area contributed by atoms with Crippen molar-refractivity contribution < 1.29 is 4.79 Å². The maximum Gasteiger partial charge on any atom is 0.222 e. The van der Waals surface area contributed by atoms with Crippen molar-refractivity contribution in [3.05, 3.63) is 35.9 Å². The van der Waals surface area contributed by atoms with E-state index >= 15 is 0 Å². The molecule has 0 saturated carbocycles. The summed E-state index contributed by atoms with van der Waals surface area (Å²) >= 11 is 0. The second-order valence-corrected chi connectivity index (χ2v) is 6.04. The number of rotatable bonds is 3. The Balaban J connectivity index is 1.50. The zero-order valence-electron chi connectivity index (χ0n) is 12.1. The Bertz CT molecular complexity index is 438. The molecule has 1 aromatic carbocycles. The van der Waals surface area contributed by atoms with Crippen LogP contribution < -0.4 is 0 Å². The number of likely N-dealkylation sites (tertiary alicyclic amines) is 2. The summed E-state index contributed by atoms with van der Waals surface area (Å²) in [4.78, 5) is 16.6. The summed E-state index contributed by atoms with van der Waals surface area (Å²) in [5, 5.41) is 0. The van der Waals surface area contributed by atoms with Crippen molar-refractivity contribution in [1.29, 1.82) is 0 Å². The first-order valence-electron chi connectivity index (χ1n) is 7.89. The highest BCUT2D eigenvalue weighted by Crippen LogP contribution is 2.22. The molecule has 2 heterocycles. The van der Waals surface area contributed by atoms with E-state index < -0.39 is 0 Å². The lowest BCUT2D eigenvalue weighted by Crippen LogP contribution is -2.48. The Labute approximate surface area is 121 Å². The van der Waals surface area contributed by atoms with Gasteiger partial charge in [0.25, 0.3) is 0 Å². The fourth-order valence-electron chi connectivity index (χ4n) is 3.44. The van der Waals surface area contributed by atoms with Gasteiger partial charge in [0, 0.05) is 38.6 Å². The van der Waals surface area contributed by atoms with E-state index in [0.29, 0.717) is 11.9 Å². The molecule has 1 aromatic rings. The normalized spacial score (nSPS) is 22.2. The molecule has 0 aromatic heterocycles. The highest BCUT2D eigenvalue weighted by atomic mass is 16.2. The van der Waals surface area contributed by atoms with Gasteiger partial charge in [0.15, 0.2) is 0 Å². The molecule has 2 aliphatic rings. The van der Waals surface area contributed by atoms with Crippen LogP contribution in [0, 0.1) is 0 Å². The van der Waals surface area contributed by atoms with Crippen LogP contribution in [0.4, 0.5) is 0 Å². The molecule has 0 N–H and O–H groups in total. The van der Waals surface area contributed by atoms with Crippen molar-refractivity contribution in [2.45, 2.75) is 44.7 Å². The van der Waals surface area contributed by atoms with Crippen LogP contribution >= 0.6 is 0 Å². The lowest BCUT2D eigenvalue weighted by molar-refractivity contribution is -0.136. The van der Waals surface area contributed by atoms with E-state index in [2.05, 4.69) is 40.1 Å². The van der Waals surface area contributed by atoms with E-state index in [1.165, 1.54) is 12.0 Å². The largest absolute Gasteiger partial charge is 0.340 e. The Hall–Kier alpha value is -1.35. The molecule has 0 bridgehead atoms. The second-order valence-electron chi connectivity index (χ2n) is 6.04. The van der Waals surface area contributed by atoms with Gasteiger partial charge in [-0.25, -0.2) is 0 Å². The predicted octanol–water partition coefficient (Wildman–Crippen LogP) is 2.66. The number of piperidine rings is 2. The second kappa shape index (κ2) is 6.40. The summed E-state index contributed by atoms with van der Waals surface area (Å²) in [6.45, 7) is 4.26.